The average molecular weight is 414 g/mol. The monoisotopic (exact) mass is 412 g/mol. The maximum absolute atomic E-state index is 6.45. The standard InChI is InChI=1S/C20H19Cl3O3/c21-14-5-4-13(11-25-19-3-1-2-8-24-19)17(9-14)20(12-26-20)16-7-6-15(22)10-18(16)23/h4-7,9-10,19H,1-3,8,11-12H2. The molecule has 0 spiro atoms. The van der Waals surface area contributed by atoms with Crippen molar-refractivity contribution in [1.29, 1.82) is 0 Å². The van der Waals surface area contributed by atoms with Crippen LogP contribution in [0.4, 0.5) is 0 Å². The van der Waals surface area contributed by atoms with Gasteiger partial charge in [-0.2, -0.15) is 0 Å². The molecule has 0 saturated carbocycles. The highest BCUT2D eigenvalue weighted by atomic mass is 35.5. The predicted octanol–water partition coefficient (Wildman–Crippen LogP) is 5.96. The SMILES string of the molecule is Clc1ccc(C2(c3cc(Cl)ccc3COC3CCCCO3)CO2)c(Cl)c1. The largest absolute Gasteiger partial charge is 0.359 e. The van der Waals surface area contributed by atoms with E-state index in [-0.39, 0.29) is 6.29 Å². The Morgan fingerprint density at radius 3 is 2.46 bits per heavy atom. The molecule has 2 aromatic rings. The van der Waals surface area contributed by atoms with Crippen molar-refractivity contribution in [2.75, 3.05) is 13.2 Å². The van der Waals surface area contributed by atoms with E-state index in [1.54, 1.807) is 6.07 Å². The predicted molar refractivity (Wildman–Crippen MR) is 103 cm³/mol. The third kappa shape index (κ3) is 3.75. The van der Waals surface area contributed by atoms with Crippen molar-refractivity contribution in [1.82, 2.24) is 0 Å². The summed E-state index contributed by atoms with van der Waals surface area (Å²) in [6.45, 7) is 1.74. The fourth-order valence-electron chi connectivity index (χ4n) is 3.42. The summed E-state index contributed by atoms with van der Waals surface area (Å²) < 4.78 is 17.6. The van der Waals surface area contributed by atoms with E-state index < -0.39 is 5.60 Å². The second kappa shape index (κ2) is 7.67. The fourth-order valence-corrected chi connectivity index (χ4v) is 4.15. The van der Waals surface area contributed by atoms with Crippen LogP contribution in [0.25, 0.3) is 0 Å². The number of hydrogen-bond donors (Lipinski definition) is 0. The third-order valence-corrected chi connectivity index (χ3v) is 5.65. The van der Waals surface area contributed by atoms with Gasteiger partial charge >= 0.3 is 0 Å². The van der Waals surface area contributed by atoms with Gasteiger partial charge < -0.3 is 14.2 Å². The molecule has 3 nitrogen and oxygen atoms in total. The van der Waals surface area contributed by atoms with Gasteiger partial charge in [-0.15, -0.1) is 0 Å². The van der Waals surface area contributed by atoms with Gasteiger partial charge in [0.05, 0.1) is 13.2 Å². The molecule has 0 amide bonds. The summed E-state index contributed by atoms with van der Waals surface area (Å²) >= 11 is 18.8. The van der Waals surface area contributed by atoms with Crippen molar-refractivity contribution >= 4 is 34.8 Å². The summed E-state index contributed by atoms with van der Waals surface area (Å²) in [5.41, 5.74) is 2.29. The summed E-state index contributed by atoms with van der Waals surface area (Å²) in [5.74, 6) is 0. The second-order valence-electron chi connectivity index (χ2n) is 6.65. The maximum atomic E-state index is 6.45. The quantitative estimate of drug-likeness (QED) is 0.566. The highest BCUT2D eigenvalue weighted by molar-refractivity contribution is 6.35. The van der Waals surface area contributed by atoms with E-state index in [0.29, 0.717) is 28.3 Å². The molecule has 0 aromatic heterocycles. The zero-order valence-electron chi connectivity index (χ0n) is 14.1. The lowest BCUT2D eigenvalue weighted by molar-refractivity contribution is -0.169. The van der Waals surface area contributed by atoms with E-state index in [0.717, 1.165) is 42.6 Å². The Bertz CT molecular complexity index is 799. The van der Waals surface area contributed by atoms with Crippen LogP contribution in [0.5, 0.6) is 0 Å². The summed E-state index contributed by atoms with van der Waals surface area (Å²) in [6, 6.07) is 11.2. The van der Waals surface area contributed by atoms with Crippen molar-refractivity contribution in [2.24, 2.45) is 0 Å². The highest BCUT2D eigenvalue weighted by Crippen LogP contribution is 2.49. The van der Waals surface area contributed by atoms with Gasteiger partial charge in [0, 0.05) is 27.2 Å². The van der Waals surface area contributed by atoms with Crippen LogP contribution in [-0.2, 0) is 26.4 Å². The van der Waals surface area contributed by atoms with Crippen LogP contribution in [0.1, 0.15) is 36.0 Å². The Balaban J connectivity index is 1.63. The molecule has 2 unspecified atom stereocenters. The van der Waals surface area contributed by atoms with Crippen molar-refractivity contribution in [2.45, 2.75) is 37.8 Å². The maximum Gasteiger partial charge on any atom is 0.158 e. The first-order chi connectivity index (χ1) is 12.6. The number of hydrogen-bond acceptors (Lipinski definition) is 3. The first-order valence-corrected chi connectivity index (χ1v) is 9.83. The summed E-state index contributed by atoms with van der Waals surface area (Å²) in [7, 11) is 0. The van der Waals surface area contributed by atoms with E-state index in [1.165, 1.54) is 0 Å². The first-order valence-electron chi connectivity index (χ1n) is 8.70. The second-order valence-corrected chi connectivity index (χ2v) is 7.93. The Morgan fingerprint density at radius 2 is 1.77 bits per heavy atom. The number of epoxide rings is 1. The summed E-state index contributed by atoms with van der Waals surface area (Å²) in [6.07, 6.45) is 3.00. The summed E-state index contributed by atoms with van der Waals surface area (Å²) in [5, 5.41) is 1.83. The van der Waals surface area contributed by atoms with Gasteiger partial charge in [-0.1, -0.05) is 46.9 Å². The van der Waals surface area contributed by atoms with Crippen LogP contribution in [-0.4, -0.2) is 19.5 Å². The molecular formula is C20H19Cl3O3. The molecule has 2 atom stereocenters. The van der Waals surface area contributed by atoms with Gasteiger partial charge in [-0.05, 0) is 54.7 Å². The van der Waals surface area contributed by atoms with Crippen molar-refractivity contribution < 1.29 is 14.2 Å². The van der Waals surface area contributed by atoms with Gasteiger partial charge in [0.25, 0.3) is 0 Å². The van der Waals surface area contributed by atoms with Crippen LogP contribution >= 0.6 is 34.8 Å². The van der Waals surface area contributed by atoms with Crippen LogP contribution < -0.4 is 0 Å². The van der Waals surface area contributed by atoms with Crippen molar-refractivity contribution in [3.63, 3.8) is 0 Å². The zero-order chi connectivity index (χ0) is 18.1. The van der Waals surface area contributed by atoms with Gasteiger partial charge in [0.2, 0.25) is 0 Å². The lowest BCUT2D eigenvalue weighted by Crippen LogP contribution is -2.23. The molecule has 0 radical (unpaired) electrons. The Labute approximate surface area is 168 Å². The minimum atomic E-state index is -0.599. The van der Waals surface area contributed by atoms with Gasteiger partial charge in [0.15, 0.2) is 6.29 Å². The van der Waals surface area contributed by atoms with Gasteiger partial charge in [-0.3, -0.25) is 0 Å². The molecule has 6 heteroatoms. The topological polar surface area (TPSA) is 31.0 Å². The van der Waals surface area contributed by atoms with Crippen molar-refractivity contribution in [3.05, 3.63) is 68.2 Å². The first kappa shape index (κ1) is 18.5. The number of halogens is 3. The Kier molecular flexibility index (Phi) is 5.47. The van der Waals surface area contributed by atoms with Gasteiger partial charge in [0.1, 0.15) is 5.60 Å². The molecule has 2 heterocycles. The van der Waals surface area contributed by atoms with Crippen molar-refractivity contribution in [3.8, 4) is 0 Å². The molecule has 2 aliphatic rings. The molecule has 2 aliphatic heterocycles. The van der Waals surface area contributed by atoms with Crippen LogP contribution in [0.3, 0.4) is 0 Å². The van der Waals surface area contributed by atoms with Crippen LogP contribution in [0.15, 0.2) is 36.4 Å². The molecule has 0 bridgehead atoms. The molecule has 0 aliphatic carbocycles. The van der Waals surface area contributed by atoms with Gasteiger partial charge in [-0.25, -0.2) is 0 Å². The van der Waals surface area contributed by atoms with E-state index in [9.17, 15) is 0 Å². The van der Waals surface area contributed by atoms with Crippen LogP contribution in [0, 0.1) is 0 Å². The molecule has 0 N–H and O–H groups in total. The lowest BCUT2D eigenvalue weighted by atomic mass is 9.88. The zero-order valence-corrected chi connectivity index (χ0v) is 16.4. The number of ether oxygens (including phenoxy) is 3. The molecule has 2 aromatic carbocycles. The lowest BCUT2D eigenvalue weighted by Gasteiger charge is -2.24. The Morgan fingerprint density at radius 1 is 1.00 bits per heavy atom. The average Bonchev–Trinajstić information content (AvgIpc) is 3.43. The normalized spacial score (nSPS) is 25.3. The van der Waals surface area contributed by atoms with E-state index in [4.69, 9.17) is 49.0 Å². The molecule has 2 fully saturated rings. The number of benzene rings is 2. The molecule has 26 heavy (non-hydrogen) atoms. The molecule has 4 rings (SSSR count). The highest BCUT2D eigenvalue weighted by Gasteiger charge is 2.50. The minimum absolute atomic E-state index is 0.150. The van der Waals surface area contributed by atoms with E-state index >= 15 is 0 Å². The van der Waals surface area contributed by atoms with E-state index in [2.05, 4.69) is 0 Å². The third-order valence-electron chi connectivity index (χ3n) is 4.87. The van der Waals surface area contributed by atoms with E-state index in [1.807, 2.05) is 30.3 Å². The van der Waals surface area contributed by atoms with Crippen LogP contribution in [0.2, 0.25) is 15.1 Å². The minimum Gasteiger partial charge on any atom is -0.359 e. The fraction of sp³-hybridized carbons (Fsp3) is 0.400. The Hall–Kier alpha value is -0.810. The summed E-state index contributed by atoms with van der Waals surface area (Å²) in [4.78, 5) is 0. The smallest absolute Gasteiger partial charge is 0.158 e. The molecule has 138 valence electrons. The molecular weight excluding hydrogens is 395 g/mol. The molecule has 2 saturated heterocycles. The number of rotatable bonds is 5.